The van der Waals surface area contributed by atoms with E-state index in [1.165, 1.54) is 25.0 Å². The molecule has 0 aromatic heterocycles. The van der Waals surface area contributed by atoms with Gasteiger partial charge in [-0.3, -0.25) is 4.79 Å². The molecule has 0 aliphatic carbocycles. The molecule has 1 fully saturated rings. The van der Waals surface area contributed by atoms with Gasteiger partial charge >= 0.3 is 0 Å². The molecular formula is C15H30N2OS. The van der Waals surface area contributed by atoms with Crippen molar-refractivity contribution >= 4 is 17.7 Å². The Labute approximate surface area is 122 Å². The standard InChI is InChI=1S/C15H30N2OS/c1-3-8-15(9-11-16-13-15)14(18)17-10-6-4-5-7-12-19-2/h16H,3-13H2,1-2H3,(H,17,18). The number of hydrogen-bond acceptors (Lipinski definition) is 3. The van der Waals surface area contributed by atoms with E-state index < -0.39 is 0 Å². The summed E-state index contributed by atoms with van der Waals surface area (Å²) < 4.78 is 0. The predicted molar refractivity (Wildman–Crippen MR) is 84.7 cm³/mol. The number of hydrogen-bond donors (Lipinski definition) is 2. The Bertz CT molecular complexity index is 253. The molecule has 1 amide bonds. The summed E-state index contributed by atoms with van der Waals surface area (Å²) in [6.45, 7) is 4.87. The maximum atomic E-state index is 12.3. The quantitative estimate of drug-likeness (QED) is 0.607. The zero-order valence-electron chi connectivity index (χ0n) is 12.6. The number of nitrogens with one attached hydrogen (secondary N) is 2. The second-order valence-electron chi connectivity index (χ2n) is 5.62. The first-order valence-electron chi connectivity index (χ1n) is 7.73. The number of carbonyl (C=O) groups is 1. The molecule has 0 bridgehead atoms. The highest BCUT2D eigenvalue weighted by atomic mass is 32.2. The molecule has 0 saturated carbocycles. The number of carbonyl (C=O) groups excluding carboxylic acids is 1. The second-order valence-corrected chi connectivity index (χ2v) is 6.61. The van der Waals surface area contributed by atoms with Crippen molar-refractivity contribution in [2.24, 2.45) is 5.41 Å². The Kier molecular flexibility index (Phi) is 8.55. The van der Waals surface area contributed by atoms with Crippen LogP contribution in [0.5, 0.6) is 0 Å². The lowest BCUT2D eigenvalue weighted by Gasteiger charge is -2.26. The summed E-state index contributed by atoms with van der Waals surface area (Å²) in [6, 6.07) is 0. The molecule has 1 aliphatic heterocycles. The van der Waals surface area contributed by atoms with E-state index in [1.807, 2.05) is 11.8 Å². The van der Waals surface area contributed by atoms with E-state index >= 15 is 0 Å². The van der Waals surface area contributed by atoms with Crippen LogP contribution < -0.4 is 10.6 Å². The molecular weight excluding hydrogens is 256 g/mol. The van der Waals surface area contributed by atoms with Gasteiger partial charge in [0.15, 0.2) is 0 Å². The van der Waals surface area contributed by atoms with Crippen LogP contribution in [0.3, 0.4) is 0 Å². The number of thioether (sulfide) groups is 1. The number of unbranched alkanes of at least 4 members (excludes halogenated alkanes) is 3. The van der Waals surface area contributed by atoms with Crippen molar-refractivity contribution in [2.45, 2.75) is 51.9 Å². The van der Waals surface area contributed by atoms with Gasteiger partial charge in [0.05, 0.1) is 5.41 Å². The third-order valence-corrected chi connectivity index (χ3v) is 4.71. The summed E-state index contributed by atoms with van der Waals surface area (Å²) in [5.41, 5.74) is -0.117. The highest BCUT2D eigenvalue weighted by molar-refractivity contribution is 7.98. The molecule has 1 atom stereocenters. The van der Waals surface area contributed by atoms with Crippen LogP contribution in [0.1, 0.15) is 51.9 Å². The Morgan fingerprint density at radius 2 is 2.11 bits per heavy atom. The first-order valence-corrected chi connectivity index (χ1v) is 9.12. The molecule has 19 heavy (non-hydrogen) atoms. The van der Waals surface area contributed by atoms with Crippen molar-refractivity contribution in [3.8, 4) is 0 Å². The van der Waals surface area contributed by atoms with Crippen molar-refractivity contribution in [3.63, 3.8) is 0 Å². The minimum Gasteiger partial charge on any atom is -0.356 e. The van der Waals surface area contributed by atoms with Crippen molar-refractivity contribution < 1.29 is 4.79 Å². The van der Waals surface area contributed by atoms with E-state index in [4.69, 9.17) is 0 Å². The van der Waals surface area contributed by atoms with Gasteiger partial charge in [0.2, 0.25) is 5.91 Å². The molecule has 1 rings (SSSR count). The molecule has 0 aromatic carbocycles. The fourth-order valence-electron chi connectivity index (χ4n) is 2.86. The molecule has 1 aliphatic rings. The Morgan fingerprint density at radius 3 is 2.74 bits per heavy atom. The van der Waals surface area contributed by atoms with E-state index in [1.54, 1.807) is 0 Å². The molecule has 4 heteroatoms. The van der Waals surface area contributed by atoms with Crippen LogP contribution in [0.4, 0.5) is 0 Å². The lowest BCUT2D eigenvalue weighted by molar-refractivity contribution is -0.130. The fraction of sp³-hybridized carbons (Fsp3) is 0.933. The molecule has 0 spiro atoms. The zero-order chi connectivity index (χ0) is 14.0. The zero-order valence-corrected chi connectivity index (χ0v) is 13.4. The van der Waals surface area contributed by atoms with Crippen molar-refractivity contribution in [2.75, 3.05) is 31.6 Å². The summed E-state index contributed by atoms with van der Waals surface area (Å²) in [6.07, 6.45) is 10.2. The third kappa shape index (κ3) is 5.74. The van der Waals surface area contributed by atoms with Crippen LogP contribution in [0.25, 0.3) is 0 Å². The Hall–Kier alpha value is -0.220. The third-order valence-electron chi connectivity index (χ3n) is 4.01. The molecule has 0 aromatic rings. The molecule has 2 N–H and O–H groups in total. The number of rotatable bonds is 10. The predicted octanol–water partition coefficient (Wildman–Crippen LogP) is 2.81. The summed E-state index contributed by atoms with van der Waals surface area (Å²) in [5.74, 6) is 1.54. The molecule has 1 saturated heterocycles. The first kappa shape index (κ1) is 16.8. The van der Waals surface area contributed by atoms with Crippen LogP contribution in [0.2, 0.25) is 0 Å². The molecule has 112 valence electrons. The van der Waals surface area contributed by atoms with Gasteiger partial charge in [-0.25, -0.2) is 0 Å². The van der Waals surface area contributed by atoms with Crippen LogP contribution in [-0.4, -0.2) is 37.6 Å². The summed E-state index contributed by atoms with van der Waals surface area (Å²) in [5, 5.41) is 6.50. The maximum Gasteiger partial charge on any atom is 0.227 e. The average molecular weight is 286 g/mol. The van der Waals surface area contributed by atoms with Gasteiger partial charge < -0.3 is 10.6 Å². The van der Waals surface area contributed by atoms with Gasteiger partial charge in [-0.1, -0.05) is 26.2 Å². The minimum absolute atomic E-state index is 0.117. The lowest BCUT2D eigenvalue weighted by atomic mass is 9.81. The lowest BCUT2D eigenvalue weighted by Crippen LogP contribution is -2.42. The van der Waals surface area contributed by atoms with Crippen molar-refractivity contribution in [3.05, 3.63) is 0 Å². The van der Waals surface area contributed by atoms with E-state index in [0.29, 0.717) is 0 Å². The van der Waals surface area contributed by atoms with E-state index in [-0.39, 0.29) is 11.3 Å². The smallest absolute Gasteiger partial charge is 0.227 e. The summed E-state index contributed by atoms with van der Waals surface area (Å²) in [4.78, 5) is 12.3. The van der Waals surface area contributed by atoms with Gasteiger partial charge in [-0.15, -0.1) is 0 Å². The monoisotopic (exact) mass is 286 g/mol. The highest BCUT2D eigenvalue weighted by Gasteiger charge is 2.39. The van der Waals surface area contributed by atoms with Gasteiger partial charge in [0.25, 0.3) is 0 Å². The van der Waals surface area contributed by atoms with E-state index in [0.717, 1.165) is 45.3 Å². The van der Waals surface area contributed by atoms with Gasteiger partial charge in [-0.2, -0.15) is 11.8 Å². The largest absolute Gasteiger partial charge is 0.356 e. The second kappa shape index (κ2) is 9.65. The normalized spacial score (nSPS) is 22.6. The first-order chi connectivity index (χ1) is 9.25. The van der Waals surface area contributed by atoms with Gasteiger partial charge in [0, 0.05) is 13.1 Å². The average Bonchev–Trinajstić information content (AvgIpc) is 2.88. The Morgan fingerprint density at radius 1 is 1.32 bits per heavy atom. The SMILES string of the molecule is CCCC1(C(=O)NCCCCCCSC)CCNC1. The van der Waals surface area contributed by atoms with Crippen LogP contribution >= 0.6 is 11.8 Å². The summed E-state index contributed by atoms with van der Waals surface area (Å²) in [7, 11) is 0. The van der Waals surface area contributed by atoms with Crippen molar-refractivity contribution in [1.29, 1.82) is 0 Å². The molecule has 1 heterocycles. The summed E-state index contributed by atoms with van der Waals surface area (Å²) >= 11 is 1.92. The van der Waals surface area contributed by atoms with Crippen LogP contribution in [0, 0.1) is 5.41 Å². The van der Waals surface area contributed by atoms with Crippen LogP contribution in [-0.2, 0) is 4.79 Å². The van der Waals surface area contributed by atoms with Gasteiger partial charge in [-0.05, 0) is 44.2 Å². The number of amides is 1. The van der Waals surface area contributed by atoms with E-state index in [2.05, 4.69) is 23.8 Å². The van der Waals surface area contributed by atoms with Crippen LogP contribution in [0.15, 0.2) is 0 Å². The molecule has 0 radical (unpaired) electrons. The van der Waals surface area contributed by atoms with Crippen molar-refractivity contribution in [1.82, 2.24) is 10.6 Å². The Balaban J connectivity index is 2.15. The topological polar surface area (TPSA) is 41.1 Å². The molecule has 1 unspecified atom stereocenters. The highest BCUT2D eigenvalue weighted by Crippen LogP contribution is 2.31. The molecule has 3 nitrogen and oxygen atoms in total. The van der Waals surface area contributed by atoms with E-state index in [9.17, 15) is 4.79 Å². The minimum atomic E-state index is -0.117. The fourth-order valence-corrected chi connectivity index (χ4v) is 3.35. The van der Waals surface area contributed by atoms with Gasteiger partial charge in [0.1, 0.15) is 0 Å². The maximum absolute atomic E-state index is 12.3.